The molecule has 10 nitrogen and oxygen atoms in total. The maximum absolute atomic E-state index is 13.2. The van der Waals surface area contributed by atoms with Crippen LogP contribution in [0.2, 0.25) is 0 Å². The molecule has 1 amide bonds. The number of aryl methyl sites for hydroxylation is 1. The van der Waals surface area contributed by atoms with E-state index in [1.54, 1.807) is 42.8 Å². The highest BCUT2D eigenvalue weighted by molar-refractivity contribution is 7.92. The Hall–Kier alpha value is -2.63. The van der Waals surface area contributed by atoms with E-state index in [0.29, 0.717) is 24.5 Å². The first-order chi connectivity index (χ1) is 15.5. The summed E-state index contributed by atoms with van der Waals surface area (Å²) in [4.78, 5) is 20.9. The van der Waals surface area contributed by atoms with Crippen molar-refractivity contribution in [2.75, 3.05) is 45.6 Å². The monoisotopic (exact) mass is 479 g/mol. The Morgan fingerprint density at radius 2 is 1.91 bits per heavy atom. The molecule has 0 saturated carbocycles. The number of hydrogen-bond acceptors (Lipinski definition) is 7. The molecule has 2 heterocycles. The number of carbonyl (C=O) groups excluding carboxylic acids is 1. The van der Waals surface area contributed by atoms with E-state index in [4.69, 9.17) is 9.47 Å². The molecule has 0 radical (unpaired) electrons. The molecule has 0 saturated heterocycles. The number of amides is 1. The summed E-state index contributed by atoms with van der Waals surface area (Å²) >= 11 is 0. The summed E-state index contributed by atoms with van der Waals surface area (Å²) in [7, 11) is 3.22. The van der Waals surface area contributed by atoms with Crippen LogP contribution >= 0.6 is 0 Å². The van der Waals surface area contributed by atoms with Crippen LogP contribution in [0.5, 0.6) is 5.75 Å². The third-order valence-electron chi connectivity index (χ3n) is 5.97. The molecule has 182 valence electrons. The van der Waals surface area contributed by atoms with Crippen LogP contribution in [0.3, 0.4) is 0 Å². The number of ether oxygens (including phenoxy) is 2. The number of hydrogen-bond donors (Lipinski definition) is 1. The van der Waals surface area contributed by atoms with Gasteiger partial charge in [0.1, 0.15) is 12.4 Å². The zero-order valence-electron chi connectivity index (χ0n) is 20.0. The van der Waals surface area contributed by atoms with Crippen molar-refractivity contribution in [2.45, 2.75) is 31.0 Å². The molecule has 3 atom stereocenters. The molecule has 33 heavy (non-hydrogen) atoms. The second kappa shape index (κ2) is 10.1. The molecule has 0 aliphatic carbocycles. The number of anilines is 1. The molecule has 1 aliphatic rings. The lowest BCUT2D eigenvalue weighted by Gasteiger charge is -2.34. The minimum absolute atomic E-state index is 0.0685. The van der Waals surface area contributed by atoms with E-state index in [0.717, 1.165) is 6.54 Å². The van der Waals surface area contributed by atoms with Gasteiger partial charge in [-0.05, 0) is 32.0 Å². The summed E-state index contributed by atoms with van der Waals surface area (Å²) in [5, 5.41) is -0.0931. The molecule has 11 heteroatoms. The van der Waals surface area contributed by atoms with Crippen molar-refractivity contribution < 1.29 is 22.7 Å². The lowest BCUT2D eigenvalue weighted by atomic mass is 10.0. The van der Waals surface area contributed by atoms with Gasteiger partial charge in [0.2, 0.25) is 0 Å². The van der Waals surface area contributed by atoms with Gasteiger partial charge >= 0.3 is 0 Å². The Labute approximate surface area is 195 Å². The average molecular weight is 480 g/mol. The summed E-state index contributed by atoms with van der Waals surface area (Å²) in [6, 6.07) is 4.73. The van der Waals surface area contributed by atoms with E-state index in [-0.39, 0.29) is 34.7 Å². The fraction of sp³-hybridized carbons (Fsp3) is 0.545. The van der Waals surface area contributed by atoms with Crippen LogP contribution in [-0.2, 0) is 21.8 Å². The van der Waals surface area contributed by atoms with Crippen molar-refractivity contribution in [3.8, 4) is 5.75 Å². The molecule has 2 aromatic rings. The molecule has 0 spiro atoms. The van der Waals surface area contributed by atoms with E-state index in [1.807, 2.05) is 14.0 Å². The molecular formula is C22H33N5O5S. The predicted molar refractivity (Wildman–Crippen MR) is 125 cm³/mol. The number of fused-ring (bicyclic) bond motifs is 1. The second-order valence-corrected chi connectivity index (χ2v) is 10.4. The number of rotatable bonds is 4. The van der Waals surface area contributed by atoms with Gasteiger partial charge in [0.15, 0.2) is 5.03 Å². The molecule has 3 rings (SSSR count). The van der Waals surface area contributed by atoms with Gasteiger partial charge in [-0.25, -0.2) is 4.98 Å². The van der Waals surface area contributed by atoms with E-state index in [2.05, 4.69) is 21.5 Å². The smallest absolute Gasteiger partial charge is 0.280 e. The maximum Gasteiger partial charge on any atom is 0.280 e. The third kappa shape index (κ3) is 5.84. The van der Waals surface area contributed by atoms with Gasteiger partial charge in [-0.3, -0.25) is 14.4 Å². The largest absolute Gasteiger partial charge is 0.491 e. The number of sulfonamides is 1. The van der Waals surface area contributed by atoms with E-state index < -0.39 is 10.0 Å². The fourth-order valence-electron chi connectivity index (χ4n) is 3.75. The van der Waals surface area contributed by atoms with Gasteiger partial charge in [0.05, 0.1) is 23.7 Å². The number of imidazole rings is 1. The number of nitrogens with one attached hydrogen (secondary N) is 1. The van der Waals surface area contributed by atoms with Crippen molar-refractivity contribution in [2.24, 2.45) is 13.0 Å². The Morgan fingerprint density at radius 1 is 1.18 bits per heavy atom. The van der Waals surface area contributed by atoms with Crippen molar-refractivity contribution in [3.63, 3.8) is 0 Å². The van der Waals surface area contributed by atoms with Gasteiger partial charge in [0.25, 0.3) is 15.9 Å². The molecule has 1 aromatic heterocycles. The topological polar surface area (TPSA) is 106 Å². The van der Waals surface area contributed by atoms with Gasteiger partial charge < -0.3 is 18.9 Å². The molecule has 0 bridgehead atoms. The van der Waals surface area contributed by atoms with E-state index in [1.165, 1.54) is 18.6 Å². The summed E-state index contributed by atoms with van der Waals surface area (Å²) in [6.45, 7) is 5.69. The first kappa shape index (κ1) is 25.0. The Balaban J connectivity index is 1.94. The highest BCUT2D eigenvalue weighted by Crippen LogP contribution is 2.27. The Kier molecular flexibility index (Phi) is 7.65. The number of aromatic nitrogens is 2. The molecule has 0 unspecified atom stereocenters. The first-order valence-electron chi connectivity index (χ1n) is 10.8. The highest BCUT2D eigenvalue weighted by atomic mass is 32.2. The lowest BCUT2D eigenvalue weighted by molar-refractivity contribution is 0.0150. The van der Waals surface area contributed by atoms with Crippen LogP contribution in [0.1, 0.15) is 24.2 Å². The lowest BCUT2D eigenvalue weighted by Crippen LogP contribution is -2.45. The Morgan fingerprint density at radius 3 is 2.55 bits per heavy atom. The van der Waals surface area contributed by atoms with Gasteiger partial charge in [-0.1, -0.05) is 6.92 Å². The molecule has 1 N–H and O–H groups in total. The fourth-order valence-corrected chi connectivity index (χ4v) is 4.78. The van der Waals surface area contributed by atoms with Crippen LogP contribution < -0.4 is 9.46 Å². The summed E-state index contributed by atoms with van der Waals surface area (Å²) < 4.78 is 41.1. The zero-order chi connectivity index (χ0) is 24.3. The van der Waals surface area contributed by atoms with Crippen LogP contribution in [0.4, 0.5) is 5.69 Å². The van der Waals surface area contributed by atoms with Crippen LogP contribution in [-0.4, -0.2) is 86.7 Å². The molecule has 1 aromatic carbocycles. The number of methoxy groups -OCH3 is 1. The van der Waals surface area contributed by atoms with Crippen molar-refractivity contribution in [1.29, 1.82) is 0 Å². The average Bonchev–Trinajstić information content (AvgIpc) is 3.21. The van der Waals surface area contributed by atoms with Crippen LogP contribution in [0, 0.1) is 5.92 Å². The summed E-state index contributed by atoms with van der Waals surface area (Å²) in [6.07, 6.45) is 2.70. The quantitative estimate of drug-likeness (QED) is 0.711. The van der Waals surface area contributed by atoms with Gasteiger partial charge in [-0.2, -0.15) is 8.42 Å². The van der Waals surface area contributed by atoms with Crippen LogP contribution in [0.25, 0.3) is 0 Å². The van der Waals surface area contributed by atoms with E-state index >= 15 is 0 Å². The number of benzene rings is 1. The van der Waals surface area contributed by atoms with Gasteiger partial charge in [-0.15, -0.1) is 0 Å². The van der Waals surface area contributed by atoms with Crippen molar-refractivity contribution in [3.05, 3.63) is 36.3 Å². The number of likely N-dealkylation sites (N-methyl/N-ethyl adjacent to an activating group) is 2. The van der Waals surface area contributed by atoms with Crippen molar-refractivity contribution in [1.82, 2.24) is 19.4 Å². The van der Waals surface area contributed by atoms with Gasteiger partial charge in [0, 0.05) is 52.6 Å². The summed E-state index contributed by atoms with van der Waals surface area (Å²) in [5.74, 6) is 0.302. The first-order valence-corrected chi connectivity index (χ1v) is 12.3. The minimum atomic E-state index is -3.88. The number of carbonyl (C=O) groups is 1. The molecular weight excluding hydrogens is 446 g/mol. The zero-order valence-corrected chi connectivity index (χ0v) is 20.8. The normalized spacial score (nSPS) is 23.3. The summed E-state index contributed by atoms with van der Waals surface area (Å²) in [5.41, 5.74) is 0.641. The standard InChI is InChI=1S/C22H33N5O5S/c1-15-10-26(4)16(2)13-32-19-9-17(24-33(29,30)21-12-25(3)14-23-21)7-8-18(19)22(28)27(5)11-20(15)31-6/h7-9,12,14-16,20,24H,10-11,13H2,1-6H3/t15-,16+,20+/m1/s1. The second-order valence-electron chi connectivity index (χ2n) is 8.73. The third-order valence-corrected chi connectivity index (χ3v) is 7.23. The predicted octanol–water partition coefficient (Wildman–Crippen LogP) is 1.66. The SMILES string of the molecule is CO[C@H]1CN(C)C(=O)c2ccc(NS(=O)(=O)c3cn(C)cn3)cc2OC[C@H](C)N(C)C[C@H]1C. The minimum Gasteiger partial charge on any atom is -0.491 e. The Bertz CT molecular complexity index is 1090. The highest BCUT2D eigenvalue weighted by Gasteiger charge is 2.27. The van der Waals surface area contributed by atoms with E-state index in [9.17, 15) is 13.2 Å². The van der Waals surface area contributed by atoms with Crippen LogP contribution in [0.15, 0.2) is 35.7 Å². The maximum atomic E-state index is 13.2. The molecule has 0 fully saturated rings. The number of nitrogens with zero attached hydrogens (tertiary/aromatic N) is 4. The molecule has 1 aliphatic heterocycles. The van der Waals surface area contributed by atoms with Crippen molar-refractivity contribution >= 4 is 21.6 Å².